The van der Waals surface area contributed by atoms with E-state index < -0.39 is 0 Å². The molecule has 0 bridgehead atoms. The van der Waals surface area contributed by atoms with Crippen LogP contribution in [0.5, 0.6) is 0 Å². The van der Waals surface area contributed by atoms with Crippen LogP contribution >= 0.6 is 0 Å². The van der Waals surface area contributed by atoms with E-state index in [2.05, 4.69) is 22.2 Å². The molecule has 16 heavy (non-hydrogen) atoms. The SMILES string of the molecule is CC(CC1C=CC2=C1C(=O)CCC2)N=[N+]=[N-]. The number of ketones is 1. The topological polar surface area (TPSA) is 65.8 Å². The maximum absolute atomic E-state index is 11.8. The second kappa shape index (κ2) is 4.54. The number of allylic oxidation sites excluding steroid dienone is 4. The molecule has 0 fully saturated rings. The summed E-state index contributed by atoms with van der Waals surface area (Å²) in [7, 11) is 0. The molecule has 0 aromatic carbocycles. The molecule has 0 spiro atoms. The second-order valence-electron chi connectivity index (χ2n) is 4.47. The highest BCUT2D eigenvalue weighted by molar-refractivity contribution is 5.99. The van der Waals surface area contributed by atoms with E-state index >= 15 is 0 Å². The van der Waals surface area contributed by atoms with E-state index in [-0.39, 0.29) is 17.7 Å². The minimum Gasteiger partial charge on any atom is -0.295 e. The maximum atomic E-state index is 11.8. The Labute approximate surface area is 94.7 Å². The molecule has 0 saturated heterocycles. The Morgan fingerprint density at radius 2 is 2.44 bits per heavy atom. The number of carbonyl (C=O) groups is 1. The first-order valence-electron chi connectivity index (χ1n) is 5.71. The highest BCUT2D eigenvalue weighted by atomic mass is 16.1. The van der Waals surface area contributed by atoms with Crippen LogP contribution in [0.3, 0.4) is 0 Å². The molecule has 0 heterocycles. The summed E-state index contributed by atoms with van der Waals surface area (Å²) < 4.78 is 0. The van der Waals surface area contributed by atoms with Crippen molar-refractivity contribution in [1.82, 2.24) is 0 Å². The Bertz CT molecular complexity index is 416. The molecule has 2 unspecified atom stereocenters. The summed E-state index contributed by atoms with van der Waals surface area (Å²) in [6, 6.07) is -0.0544. The molecule has 4 nitrogen and oxygen atoms in total. The zero-order valence-corrected chi connectivity index (χ0v) is 9.39. The quantitative estimate of drug-likeness (QED) is 0.406. The Balaban J connectivity index is 2.13. The lowest BCUT2D eigenvalue weighted by Crippen LogP contribution is -2.17. The molecular formula is C12H15N3O. The van der Waals surface area contributed by atoms with Crippen molar-refractivity contribution in [1.29, 1.82) is 0 Å². The summed E-state index contributed by atoms with van der Waals surface area (Å²) in [6.07, 6.45) is 7.56. The van der Waals surface area contributed by atoms with Crippen LogP contribution in [-0.4, -0.2) is 11.8 Å². The van der Waals surface area contributed by atoms with Crippen LogP contribution in [0.15, 0.2) is 28.4 Å². The fraction of sp³-hybridized carbons (Fsp3) is 0.583. The van der Waals surface area contributed by atoms with E-state index in [1.807, 2.05) is 6.92 Å². The highest BCUT2D eigenvalue weighted by Gasteiger charge is 2.29. The largest absolute Gasteiger partial charge is 0.295 e. The molecule has 2 atom stereocenters. The summed E-state index contributed by atoms with van der Waals surface area (Å²) in [5.74, 6) is 0.452. The Morgan fingerprint density at radius 1 is 1.62 bits per heavy atom. The molecule has 2 aliphatic carbocycles. The van der Waals surface area contributed by atoms with Gasteiger partial charge in [0.25, 0.3) is 0 Å². The van der Waals surface area contributed by atoms with Crippen molar-refractivity contribution >= 4 is 5.78 Å². The first kappa shape index (κ1) is 11.0. The summed E-state index contributed by atoms with van der Waals surface area (Å²) in [6.45, 7) is 1.89. The third-order valence-electron chi connectivity index (χ3n) is 3.24. The van der Waals surface area contributed by atoms with Gasteiger partial charge in [0.2, 0.25) is 0 Å². The van der Waals surface area contributed by atoms with E-state index in [0.29, 0.717) is 6.42 Å². The van der Waals surface area contributed by atoms with Crippen LogP contribution in [0.2, 0.25) is 0 Å². The second-order valence-corrected chi connectivity index (χ2v) is 4.47. The Morgan fingerprint density at radius 3 is 3.19 bits per heavy atom. The van der Waals surface area contributed by atoms with Crippen molar-refractivity contribution in [2.45, 2.75) is 38.6 Å². The average molecular weight is 217 g/mol. The third-order valence-corrected chi connectivity index (χ3v) is 3.24. The third kappa shape index (κ3) is 2.02. The lowest BCUT2D eigenvalue weighted by Gasteiger charge is -2.19. The van der Waals surface area contributed by atoms with Crippen LogP contribution in [0.4, 0.5) is 0 Å². The number of rotatable bonds is 3. The highest BCUT2D eigenvalue weighted by Crippen LogP contribution is 2.36. The van der Waals surface area contributed by atoms with Crippen molar-refractivity contribution in [2.24, 2.45) is 11.0 Å². The van der Waals surface area contributed by atoms with Crippen LogP contribution in [0, 0.1) is 5.92 Å². The van der Waals surface area contributed by atoms with Crippen LogP contribution in [0.25, 0.3) is 10.4 Å². The zero-order valence-electron chi connectivity index (χ0n) is 9.39. The zero-order chi connectivity index (χ0) is 11.5. The predicted molar refractivity (Wildman–Crippen MR) is 61.7 cm³/mol. The van der Waals surface area contributed by atoms with Gasteiger partial charge in [-0.05, 0) is 30.4 Å². The average Bonchev–Trinajstić information content (AvgIpc) is 2.63. The first-order chi connectivity index (χ1) is 7.72. The van der Waals surface area contributed by atoms with Crippen LogP contribution in [-0.2, 0) is 4.79 Å². The van der Waals surface area contributed by atoms with Gasteiger partial charge in [-0.1, -0.05) is 24.2 Å². The molecule has 0 aromatic rings. The summed E-state index contributed by atoms with van der Waals surface area (Å²) in [4.78, 5) is 14.6. The molecule has 4 heteroatoms. The Kier molecular flexibility index (Phi) is 3.11. The van der Waals surface area contributed by atoms with Gasteiger partial charge in [-0.15, -0.1) is 0 Å². The van der Waals surface area contributed by atoms with Gasteiger partial charge in [-0.2, -0.15) is 0 Å². The molecule has 2 rings (SSSR count). The van der Waals surface area contributed by atoms with Gasteiger partial charge in [-0.3, -0.25) is 4.79 Å². The Hall–Kier alpha value is -1.54. The van der Waals surface area contributed by atoms with Gasteiger partial charge in [0, 0.05) is 28.9 Å². The summed E-state index contributed by atoms with van der Waals surface area (Å²) in [5, 5.41) is 3.66. The normalized spacial score (nSPS) is 25.3. The van der Waals surface area contributed by atoms with Gasteiger partial charge >= 0.3 is 0 Å². The standard InChI is InChI=1S/C12H15N3O/c1-8(14-15-13)7-10-6-5-9-3-2-4-11(16)12(9)10/h5-6,8,10H,2-4,7H2,1H3. The van der Waals surface area contributed by atoms with Crippen LogP contribution < -0.4 is 0 Å². The van der Waals surface area contributed by atoms with E-state index in [9.17, 15) is 4.79 Å². The van der Waals surface area contributed by atoms with Crippen LogP contribution in [0.1, 0.15) is 32.6 Å². The lowest BCUT2D eigenvalue weighted by atomic mass is 9.85. The molecule has 0 amide bonds. The minimum absolute atomic E-state index is 0.0544. The van der Waals surface area contributed by atoms with Gasteiger partial charge < -0.3 is 0 Å². The number of hydrogen-bond acceptors (Lipinski definition) is 2. The van der Waals surface area contributed by atoms with Crippen molar-refractivity contribution in [2.75, 3.05) is 0 Å². The van der Waals surface area contributed by atoms with Gasteiger partial charge in [0.15, 0.2) is 5.78 Å². The van der Waals surface area contributed by atoms with Crippen molar-refractivity contribution in [3.05, 3.63) is 33.7 Å². The van der Waals surface area contributed by atoms with Gasteiger partial charge in [-0.25, -0.2) is 0 Å². The monoisotopic (exact) mass is 217 g/mol. The smallest absolute Gasteiger partial charge is 0.159 e. The van der Waals surface area contributed by atoms with E-state index in [1.54, 1.807) is 0 Å². The fourth-order valence-corrected chi connectivity index (χ4v) is 2.53. The maximum Gasteiger partial charge on any atom is 0.159 e. The molecule has 0 aliphatic heterocycles. The predicted octanol–water partition coefficient (Wildman–Crippen LogP) is 3.31. The molecule has 0 radical (unpaired) electrons. The number of Topliss-reactive ketones (excluding diaryl/α,β-unsaturated/α-hetero) is 1. The van der Waals surface area contributed by atoms with E-state index in [4.69, 9.17) is 5.53 Å². The number of nitrogens with zero attached hydrogens (tertiary/aromatic N) is 3. The number of azide groups is 1. The molecule has 84 valence electrons. The lowest BCUT2D eigenvalue weighted by molar-refractivity contribution is -0.116. The first-order valence-corrected chi connectivity index (χ1v) is 5.71. The molecule has 0 saturated carbocycles. The number of hydrogen-bond donors (Lipinski definition) is 0. The van der Waals surface area contributed by atoms with Gasteiger partial charge in [0.1, 0.15) is 0 Å². The van der Waals surface area contributed by atoms with Crippen molar-refractivity contribution in [3.8, 4) is 0 Å². The van der Waals surface area contributed by atoms with Crippen molar-refractivity contribution in [3.63, 3.8) is 0 Å². The van der Waals surface area contributed by atoms with E-state index in [0.717, 1.165) is 24.8 Å². The summed E-state index contributed by atoms with van der Waals surface area (Å²) >= 11 is 0. The fourth-order valence-electron chi connectivity index (χ4n) is 2.53. The molecular weight excluding hydrogens is 202 g/mol. The number of carbonyl (C=O) groups excluding carboxylic acids is 1. The van der Waals surface area contributed by atoms with Gasteiger partial charge in [0.05, 0.1) is 0 Å². The minimum atomic E-state index is -0.0544. The van der Waals surface area contributed by atoms with E-state index in [1.165, 1.54) is 5.57 Å². The summed E-state index contributed by atoms with van der Waals surface area (Å²) in [5.41, 5.74) is 10.5. The molecule has 0 aromatic heterocycles. The van der Waals surface area contributed by atoms with Crippen molar-refractivity contribution < 1.29 is 4.79 Å². The molecule has 0 N–H and O–H groups in total. The molecule has 2 aliphatic rings.